The molecule has 7 heteroatoms. The van der Waals surface area contributed by atoms with Crippen molar-refractivity contribution >= 4 is 47.4 Å². The normalized spacial score (nSPS) is 18.4. The standard InChI is InChI=1S/C21H26ClN5.HI/c1-23-20(25-16-21(9-10-21)17-5-7-18(22)8-6-17)27-14-12-26(13-15-27)19-4-2-3-11-24-19;/h2-8,11H,9-10,12-16H2,1H3,(H,23,25);1H. The third-order valence-electron chi connectivity index (χ3n) is 5.66. The first-order valence-corrected chi connectivity index (χ1v) is 9.96. The molecule has 0 unspecified atom stereocenters. The Morgan fingerprint density at radius 2 is 1.82 bits per heavy atom. The van der Waals surface area contributed by atoms with Gasteiger partial charge in [-0.3, -0.25) is 4.99 Å². The number of aromatic nitrogens is 1. The first kappa shape index (κ1) is 21.2. The van der Waals surface area contributed by atoms with E-state index in [9.17, 15) is 0 Å². The van der Waals surface area contributed by atoms with E-state index < -0.39 is 0 Å². The molecule has 1 N–H and O–H groups in total. The van der Waals surface area contributed by atoms with Crippen LogP contribution in [-0.2, 0) is 5.41 Å². The van der Waals surface area contributed by atoms with Gasteiger partial charge in [-0.1, -0.05) is 29.8 Å². The molecule has 0 amide bonds. The number of hydrogen-bond acceptors (Lipinski definition) is 3. The van der Waals surface area contributed by atoms with Crippen molar-refractivity contribution in [3.63, 3.8) is 0 Å². The van der Waals surface area contributed by atoms with Gasteiger partial charge in [0, 0.05) is 56.4 Å². The number of nitrogens with zero attached hydrogens (tertiary/aromatic N) is 4. The van der Waals surface area contributed by atoms with E-state index in [1.165, 1.54) is 18.4 Å². The number of pyridine rings is 1. The van der Waals surface area contributed by atoms with Crippen molar-refractivity contribution in [1.82, 2.24) is 15.2 Å². The zero-order valence-corrected chi connectivity index (χ0v) is 19.2. The third-order valence-corrected chi connectivity index (χ3v) is 5.91. The fourth-order valence-corrected chi connectivity index (χ4v) is 3.92. The molecule has 5 nitrogen and oxygen atoms in total. The molecule has 28 heavy (non-hydrogen) atoms. The average molecular weight is 512 g/mol. The third kappa shape index (κ3) is 4.71. The molecule has 1 aliphatic heterocycles. The molecule has 4 rings (SSSR count). The molecule has 0 atom stereocenters. The number of anilines is 1. The summed E-state index contributed by atoms with van der Waals surface area (Å²) in [5.74, 6) is 2.05. The van der Waals surface area contributed by atoms with E-state index in [1.807, 2.05) is 37.5 Å². The molecule has 0 radical (unpaired) electrons. The van der Waals surface area contributed by atoms with Crippen molar-refractivity contribution in [2.24, 2.45) is 4.99 Å². The van der Waals surface area contributed by atoms with Crippen LogP contribution in [0, 0.1) is 0 Å². The van der Waals surface area contributed by atoms with Crippen LogP contribution in [0.5, 0.6) is 0 Å². The maximum Gasteiger partial charge on any atom is 0.193 e. The topological polar surface area (TPSA) is 43.8 Å². The van der Waals surface area contributed by atoms with Gasteiger partial charge in [0.1, 0.15) is 5.82 Å². The van der Waals surface area contributed by atoms with Crippen molar-refractivity contribution < 1.29 is 0 Å². The van der Waals surface area contributed by atoms with Gasteiger partial charge in [-0.15, -0.1) is 24.0 Å². The lowest BCUT2D eigenvalue weighted by Gasteiger charge is -2.37. The van der Waals surface area contributed by atoms with Crippen molar-refractivity contribution in [2.45, 2.75) is 18.3 Å². The Balaban J connectivity index is 0.00000225. The summed E-state index contributed by atoms with van der Waals surface area (Å²) in [6.45, 7) is 4.73. The predicted octanol–water partition coefficient (Wildman–Crippen LogP) is 3.78. The van der Waals surface area contributed by atoms with Crippen molar-refractivity contribution in [2.75, 3.05) is 44.7 Å². The zero-order chi connectivity index (χ0) is 18.7. The van der Waals surface area contributed by atoms with E-state index >= 15 is 0 Å². The van der Waals surface area contributed by atoms with Crippen molar-refractivity contribution in [3.8, 4) is 0 Å². The lowest BCUT2D eigenvalue weighted by molar-refractivity contribution is 0.369. The Morgan fingerprint density at radius 3 is 2.39 bits per heavy atom. The molecule has 1 aromatic carbocycles. The smallest absolute Gasteiger partial charge is 0.193 e. The molecular formula is C21H27ClIN5. The summed E-state index contributed by atoms with van der Waals surface area (Å²) in [6.07, 6.45) is 4.28. The predicted molar refractivity (Wildman–Crippen MR) is 127 cm³/mol. The highest BCUT2D eigenvalue weighted by molar-refractivity contribution is 14.0. The van der Waals surface area contributed by atoms with E-state index in [2.05, 4.69) is 43.3 Å². The quantitative estimate of drug-likeness (QED) is 0.385. The number of nitrogens with one attached hydrogen (secondary N) is 1. The highest BCUT2D eigenvalue weighted by atomic mass is 127. The monoisotopic (exact) mass is 511 g/mol. The number of hydrogen-bond donors (Lipinski definition) is 1. The summed E-state index contributed by atoms with van der Waals surface area (Å²) >= 11 is 6.04. The fraction of sp³-hybridized carbons (Fsp3) is 0.429. The van der Waals surface area contributed by atoms with E-state index in [0.29, 0.717) is 0 Å². The number of halogens is 2. The molecule has 1 saturated heterocycles. The summed E-state index contributed by atoms with van der Waals surface area (Å²) in [7, 11) is 1.87. The van der Waals surface area contributed by atoms with Gasteiger partial charge in [-0.05, 0) is 42.7 Å². The van der Waals surface area contributed by atoms with E-state index in [-0.39, 0.29) is 29.4 Å². The Morgan fingerprint density at radius 1 is 1.11 bits per heavy atom. The Kier molecular flexibility index (Phi) is 7.04. The minimum absolute atomic E-state index is 0. The largest absolute Gasteiger partial charge is 0.355 e. The Hall–Kier alpha value is -1.54. The number of piperazine rings is 1. The maximum absolute atomic E-state index is 6.04. The molecule has 1 saturated carbocycles. The van der Waals surface area contributed by atoms with Crippen LogP contribution in [0.2, 0.25) is 5.02 Å². The molecule has 0 bridgehead atoms. The maximum atomic E-state index is 6.04. The molecule has 2 aromatic rings. The minimum Gasteiger partial charge on any atom is -0.355 e. The van der Waals surface area contributed by atoms with Crippen molar-refractivity contribution in [3.05, 3.63) is 59.2 Å². The van der Waals surface area contributed by atoms with E-state index in [1.54, 1.807) is 0 Å². The Bertz CT molecular complexity index is 784. The summed E-state index contributed by atoms with van der Waals surface area (Å²) < 4.78 is 0. The van der Waals surface area contributed by atoms with Gasteiger partial charge in [-0.25, -0.2) is 4.98 Å². The van der Waals surface area contributed by atoms with Gasteiger partial charge < -0.3 is 15.1 Å². The van der Waals surface area contributed by atoms with E-state index in [0.717, 1.165) is 49.5 Å². The van der Waals surface area contributed by atoms with Gasteiger partial charge in [0.05, 0.1) is 0 Å². The first-order chi connectivity index (χ1) is 13.2. The summed E-state index contributed by atoms with van der Waals surface area (Å²) in [6, 6.07) is 14.4. The minimum atomic E-state index is 0. The average Bonchev–Trinajstić information content (AvgIpc) is 3.51. The van der Waals surface area contributed by atoms with Gasteiger partial charge in [0.2, 0.25) is 0 Å². The molecule has 1 aliphatic carbocycles. The van der Waals surface area contributed by atoms with Gasteiger partial charge in [0.15, 0.2) is 5.96 Å². The Labute approximate surface area is 189 Å². The zero-order valence-electron chi connectivity index (χ0n) is 16.1. The second-order valence-corrected chi connectivity index (χ2v) is 7.79. The molecule has 150 valence electrons. The van der Waals surface area contributed by atoms with Crippen LogP contribution in [0.4, 0.5) is 5.82 Å². The highest BCUT2D eigenvalue weighted by Crippen LogP contribution is 2.47. The summed E-state index contributed by atoms with van der Waals surface area (Å²) in [5.41, 5.74) is 1.60. The van der Waals surface area contributed by atoms with Gasteiger partial charge >= 0.3 is 0 Å². The second kappa shape index (κ2) is 9.31. The lowest BCUT2D eigenvalue weighted by Crippen LogP contribution is -2.53. The van der Waals surface area contributed by atoms with Crippen LogP contribution in [0.25, 0.3) is 0 Å². The molecule has 1 aromatic heterocycles. The second-order valence-electron chi connectivity index (χ2n) is 7.35. The summed E-state index contributed by atoms with van der Waals surface area (Å²) in [4.78, 5) is 13.7. The number of benzene rings is 1. The van der Waals surface area contributed by atoms with Crippen molar-refractivity contribution in [1.29, 1.82) is 0 Å². The van der Waals surface area contributed by atoms with Crippen LogP contribution in [-0.4, -0.2) is 55.6 Å². The van der Waals surface area contributed by atoms with Crippen LogP contribution in [0.3, 0.4) is 0 Å². The highest BCUT2D eigenvalue weighted by Gasteiger charge is 2.44. The summed E-state index contributed by atoms with van der Waals surface area (Å²) in [5, 5.41) is 4.41. The van der Waals surface area contributed by atoms with Crippen LogP contribution >= 0.6 is 35.6 Å². The first-order valence-electron chi connectivity index (χ1n) is 9.58. The molecule has 2 fully saturated rings. The number of guanidine groups is 1. The SMILES string of the molecule is CN=C(NCC1(c2ccc(Cl)cc2)CC1)N1CCN(c2ccccn2)CC1.I. The van der Waals surface area contributed by atoms with Crippen LogP contribution < -0.4 is 10.2 Å². The van der Waals surface area contributed by atoms with Gasteiger partial charge in [0.25, 0.3) is 0 Å². The number of aliphatic imine (C=N–C) groups is 1. The fourth-order valence-electron chi connectivity index (χ4n) is 3.79. The van der Waals surface area contributed by atoms with Crippen LogP contribution in [0.15, 0.2) is 53.7 Å². The van der Waals surface area contributed by atoms with Gasteiger partial charge in [-0.2, -0.15) is 0 Å². The molecule has 0 spiro atoms. The van der Waals surface area contributed by atoms with E-state index in [4.69, 9.17) is 11.6 Å². The molecule has 2 aliphatic rings. The molecular weight excluding hydrogens is 485 g/mol. The van der Waals surface area contributed by atoms with Crippen LogP contribution in [0.1, 0.15) is 18.4 Å². The molecule has 2 heterocycles. The number of rotatable bonds is 4. The lowest BCUT2D eigenvalue weighted by atomic mass is 9.96.